The normalized spacial score (nSPS) is 9.85. The molecule has 0 aliphatic carbocycles. The molecule has 3 nitrogen and oxygen atoms in total. The van der Waals surface area contributed by atoms with Crippen LogP contribution in [-0.4, -0.2) is 17.8 Å². The van der Waals surface area contributed by atoms with Crippen molar-refractivity contribution in [3.63, 3.8) is 0 Å². The highest BCUT2D eigenvalue weighted by atomic mass is 16.1. The molecule has 0 aromatic carbocycles. The van der Waals surface area contributed by atoms with E-state index in [2.05, 4.69) is 10.3 Å². The molecule has 0 spiro atoms. The standard InChI is InChI=1S/C10H14N2O/c13-8-2-1-5-12-9-10-3-6-11-7-4-10/h3-4,6-8,12H,1-2,5,9H2. The fourth-order valence-electron chi connectivity index (χ4n) is 1.04. The second-order valence-corrected chi connectivity index (χ2v) is 2.84. The van der Waals surface area contributed by atoms with Crippen molar-refractivity contribution < 1.29 is 4.79 Å². The van der Waals surface area contributed by atoms with Crippen LogP contribution >= 0.6 is 0 Å². The summed E-state index contributed by atoms with van der Waals surface area (Å²) >= 11 is 0. The van der Waals surface area contributed by atoms with E-state index < -0.39 is 0 Å². The topological polar surface area (TPSA) is 42.0 Å². The van der Waals surface area contributed by atoms with Gasteiger partial charge < -0.3 is 10.1 Å². The number of unbranched alkanes of at least 4 members (excludes halogenated alkanes) is 1. The van der Waals surface area contributed by atoms with Crippen molar-refractivity contribution in [2.45, 2.75) is 19.4 Å². The summed E-state index contributed by atoms with van der Waals surface area (Å²) in [4.78, 5) is 13.9. The molecule has 1 aromatic rings. The zero-order valence-electron chi connectivity index (χ0n) is 7.57. The zero-order valence-corrected chi connectivity index (χ0v) is 7.57. The van der Waals surface area contributed by atoms with Gasteiger partial charge in [0.1, 0.15) is 6.29 Å². The van der Waals surface area contributed by atoms with Crippen molar-refractivity contribution in [3.05, 3.63) is 30.1 Å². The Hall–Kier alpha value is -1.22. The minimum Gasteiger partial charge on any atom is -0.313 e. The van der Waals surface area contributed by atoms with Gasteiger partial charge in [-0.05, 0) is 30.7 Å². The fraction of sp³-hybridized carbons (Fsp3) is 0.400. The number of aromatic nitrogens is 1. The fourth-order valence-corrected chi connectivity index (χ4v) is 1.04. The molecule has 0 atom stereocenters. The Balaban J connectivity index is 2.10. The van der Waals surface area contributed by atoms with Gasteiger partial charge in [-0.15, -0.1) is 0 Å². The highest BCUT2D eigenvalue weighted by Crippen LogP contribution is 1.94. The summed E-state index contributed by atoms with van der Waals surface area (Å²) in [6.45, 7) is 1.74. The maximum Gasteiger partial charge on any atom is 0.120 e. The highest BCUT2D eigenvalue weighted by Gasteiger charge is 1.90. The van der Waals surface area contributed by atoms with Crippen molar-refractivity contribution in [2.24, 2.45) is 0 Å². The van der Waals surface area contributed by atoms with E-state index in [0.717, 1.165) is 25.8 Å². The number of rotatable bonds is 6. The molecule has 0 bridgehead atoms. The molecule has 0 radical (unpaired) electrons. The van der Waals surface area contributed by atoms with Crippen LogP contribution in [0.3, 0.4) is 0 Å². The van der Waals surface area contributed by atoms with Crippen LogP contribution in [0.2, 0.25) is 0 Å². The SMILES string of the molecule is O=CCCCNCc1ccncc1. The second-order valence-electron chi connectivity index (χ2n) is 2.84. The molecular formula is C10H14N2O. The van der Waals surface area contributed by atoms with Gasteiger partial charge in [-0.3, -0.25) is 4.98 Å². The van der Waals surface area contributed by atoms with E-state index in [-0.39, 0.29) is 0 Å². The average molecular weight is 178 g/mol. The van der Waals surface area contributed by atoms with Gasteiger partial charge in [0.15, 0.2) is 0 Å². The first kappa shape index (κ1) is 9.86. The Kier molecular flexibility index (Phi) is 4.79. The van der Waals surface area contributed by atoms with Crippen molar-refractivity contribution in [2.75, 3.05) is 6.54 Å². The average Bonchev–Trinajstić information content (AvgIpc) is 2.19. The van der Waals surface area contributed by atoms with Crippen LogP contribution in [0.15, 0.2) is 24.5 Å². The first-order valence-corrected chi connectivity index (χ1v) is 4.47. The number of nitrogens with zero attached hydrogens (tertiary/aromatic N) is 1. The van der Waals surface area contributed by atoms with E-state index in [9.17, 15) is 4.79 Å². The lowest BCUT2D eigenvalue weighted by molar-refractivity contribution is -0.107. The van der Waals surface area contributed by atoms with Gasteiger partial charge >= 0.3 is 0 Å². The van der Waals surface area contributed by atoms with E-state index in [1.54, 1.807) is 12.4 Å². The molecule has 0 fully saturated rings. The third-order valence-electron chi connectivity index (χ3n) is 1.75. The van der Waals surface area contributed by atoms with Crippen molar-refractivity contribution in [3.8, 4) is 0 Å². The Morgan fingerprint density at radius 2 is 2.15 bits per heavy atom. The summed E-state index contributed by atoms with van der Waals surface area (Å²) in [5.74, 6) is 0. The van der Waals surface area contributed by atoms with Gasteiger partial charge in [-0.1, -0.05) is 0 Å². The largest absolute Gasteiger partial charge is 0.313 e. The molecule has 0 saturated heterocycles. The third kappa shape index (κ3) is 4.38. The van der Waals surface area contributed by atoms with Crippen LogP contribution in [0, 0.1) is 0 Å². The predicted molar refractivity (Wildman–Crippen MR) is 51.2 cm³/mol. The van der Waals surface area contributed by atoms with Crippen molar-refractivity contribution in [1.29, 1.82) is 0 Å². The maximum atomic E-state index is 10.0. The quantitative estimate of drug-likeness (QED) is 0.525. The van der Waals surface area contributed by atoms with Crippen LogP contribution in [0.1, 0.15) is 18.4 Å². The Morgan fingerprint density at radius 1 is 1.38 bits per heavy atom. The summed E-state index contributed by atoms with van der Waals surface area (Å²) in [6, 6.07) is 3.96. The molecule has 0 unspecified atom stereocenters. The van der Waals surface area contributed by atoms with E-state index in [4.69, 9.17) is 0 Å². The lowest BCUT2D eigenvalue weighted by Gasteiger charge is -2.02. The molecule has 1 heterocycles. The molecule has 0 aliphatic rings. The van der Waals surface area contributed by atoms with E-state index in [1.165, 1.54) is 5.56 Å². The summed E-state index contributed by atoms with van der Waals surface area (Å²) in [7, 11) is 0. The Bertz CT molecular complexity index is 236. The molecule has 0 aliphatic heterocycles. The summed E-state index contributed by atoms with van der Waals surface area (Å²) < 4.78 is 0. The summed E-state index contributed by atoms with van der Waals surface area (Å²) in [6.07, 6.45) is 6.07. The van der Waals surface area contributed by atoms with Gasteiger partial charge in [0.2, 0.25) is 0 Å². The monoisotopic (exact) mass is 178 g/mol. The molecule has 3 heteroatoms. The summed E-state index contributed by atoms with van der Waals surface area (Å²) in [5, 5.41) is 3.25. The van der Waals surface area contributed by atoms with Gasteiger partial charge in [0.25, 0.3) is 0 Å². The number of carbonyl (C=O) groups excluding carboxylic acids is 1. The molecular weight excluding hydrogens is 164 g/mol. The van der Waals surface area contributed by atoms with E-state index >= 15 is 0 Å². The number of nitrogens with one attached hydrogen (secondary N) is 1. The molecule has 1 N–H and O–H groups in total. The van der Waals surface area contributed by atoms with Crippen LogP contribution in [0.5, 0.6) is 0 Å². The lowest BCUT2D eigenvalue weighted by atomic mass is 10.2. The minimum atomic E-state index is 0.642. The van der Waals surface area contributed by atoms with E-state index in [0.29, 0.717) is 6.42 Å². The van der Waals surface area contributed by atoms with Crippen molar-refractivity contribution in [1.82, 2.24) is 10.3 Å². The number of hydrogen-bond acceptors (Lipinski definition) is 3. The highest BCUT2D eigenvalue weighted by molar-refractivity contribution is 5.48. The smallest absolute Gasteiger partial charge is 0.120 e. The minimum absolute atomic E-state index is 0.642. The first-order chi connectivity index (χ1) is 6.43. The first-order valence-electron chi connectivity index (χ1n) is 4.47. The van der Waals surface area contributed by atoms with E-state index in [1.807, 2.05) is 12.1 Å². The number of pyridine rings is 1. The van der Waals surface area contributed by atoms with Crippen LogP contribution in [-0.2, 0) is 11.3 Å². The molecule has 13 heavy (non-hydrogen) atoms. The van der Waals surface area contributed by atoms with Gasteiger partial charge in [-0.2, -0.15) is 0 Å². The number of aldehydes is 1. The van der Waals surface area contributed by atoms with Gasteiger partial charge in [0, 0.05) is 25.4 Å². The molecule has 1 aromatic heterocycles. The third-order valence-corrected chi connectivity index (χ3v) is 1.75. The molecule has 0 amide bonds. The zero-order chi connectivity index (χ0) is 9.36. The maximum absolute atomic E-state index is 10.0. The molecule has 0 saturated carbocycles. The van der Waals surface area contributed by atoms with Crippen LogP contribution < -0.4 is 5.32 Å². The summed E-state index contributed by atoms with van der Waals surface area (Å²) in [5.41, 5.74) is 1.22. The Morgan fingerprint density at radius 3 is 2.85 bits per heavy atom. The molecule has 70 valence electrons. The Labute approximate surface area is 78.2 Å². The number of hydrogen-bond donors (Lipinski definition) is 1. The predicted octanol–water partition coefficient (Wildman–Crippen LogP) is 1.15. The number of carbonyl (C=O) groups is 1. The van der Waals surface area contributed by atoms with Crippen LogP contribution in [0.4, 0.5) is 0 Å². The van der Waals surface area contributed by atoms with Crippen LogP contribution in [0.25, 0.3) is 0 Å². The van der Waals surface area contributed by atoms with Crippen molar-refractivity contribution >= 4 is 6.29 Å². The van der Waals surface area contributed by atoms with Gasteiger partial charge in [0.05, 0.1) is 0 Å². The van der Waals surface area contributed by atoms with Gasteiger partial charge in [-0.25, -0.2) is 0 Å². The second kappa shape index (κ2) is 6.31. The molecule has 1 rings (SSSR count). The lowest BCUT2D eigenvalue weighted by Crippen LogP contribution is -2.14.